The molecule has 0 radical (unpaired) electrons. The smallest absolute Gasteiger partial charge is 0.306 e. The second-order valence-electron chi connectivity index (χ2n) is 5.29. The van der Waals surface area contributed by atoms with Crippen LogP contribution in [0.1, 0.15) is 29.6 Å². The second kappa shape index (κ2) is 6.15. The highest BCUT2D eigenvalue weighted by molar-refractivity contribution is 7.99. The number of nitrogens with two attached hydrogens (primary N) is 2. The number of methoxy groups -OCH3 is 1. The van der Waals surface area contributed by atoms with Gasteiger partial charge in [0.25, 0.3) is 0 Å². The fourth-order valence-electron chi connectivity index (χ4n) is 2.10. The van der Waals surface area contributed by atoms with E-state index >= 15 is 0 Å². The van der Waals surface area contributed by atoms with Crippen LogP contribution in [-0.2, 0) is 9.53 Å². The standard InChI is InChI=1S/C14H17ClN2O3S/c1-20-11(18)6-14(2-3-14)7-21-12-9(13(17)19)4-8(16)5-10(12)15/h4-5H,2-3,6-7,16H2,1H3,(H2,17,19). The zero-order valence-corrected chi connectivity index (χ0v) is 13.2. The molecule has 1 amide bonds. The SMILES string of the molecule is COC(=O)CC1(CSc2c(Cl)cc(N)cc2C(N)=O)CC1. The number of carbonyl (C=O) groups excluding carboxylic acids is 2. The van der Waals surface area contributed by atoms with Crippen LogP contribution in [0.4, 0.5) is 5.69 Å². The summed E-state index contributed by atoms with van der Waals surface area (Å²) in [5.41, 5.74) is 11.7. The van der Waals surface area contributed by atoms with Crippen molar-refractivity contribution in [2.24, 2.45) is 11.1 Å². The minimum Gasteiger partial charge on any atom is -0.469 e. The number of ether oxygens (including phenoxy) is 1. The lowest BCUT2D eigenvalue weighted by molar-refractivity contribution is -0.141. The zero-order valence-electron chi connectivity index (χ0n) is 11.6. The summed E-state index contributed by atoms with van der Waals surface area (Å²) in [6.45, 7) is 0. The van der Waals surface area contributed by atoms with Crippen LogP contribution in [0.5, 0.6) is 0 Å². The van der Waals surface area contributed by atoms with Crippen LogP contribution in [0.15, 0.2) is 17.0 Å². The normalized spacial score (nSPS) is 15.5. The Labute approximate surface area is 132 Å². The molecule has 0 unspecified atom stereocenters. The van der Waals surface area contributed by atoms with E-state index in [1.54, 1.807) is 6.07 Å². The number of nitrogen functional groups attached to an aromatic ring is 1. The zero-order chi connectivity index (χ0) is 15.6. The van der Waals surface area contributed by atoms with E-state index < -0.39 is 5.91 Å². The molecule has 1 saturated carbocycles. The monoisotopic (exact) mass is 328 g/mol. The van der Waals surface area contributed by atoms with Gasteiger partial charge in [0.05, 0.1) is 24.1 Å². The maximum Gasteiger partial charge on any atom is 0.306 e. The van der Waals surface area contributed by atoms with Crippen molar-refractivity contribution in [2.75, 3.05) is 18.6 Å². The third-order valence-corrected chi connectivity index (χ3v) is 5.45. The maximum absolute atomic E-state index is 11.5. The quantitative estimate of drug-likeness (QED) is 0.475. The van der Waals surface area contributed by atoms with Crippen molar-refractivity contribution in [1.82, 2.24) is 0 Å². The van der Waals surface area contributed by atoms with E-state index in [4.69, 9.17) is 27.8 Å². The van der Waals surface area contributed by atoms with E-state index in [1.165, 1.54) is 24.9 Å². The molecule has 0 aliphatic heterocycles. The first-order chi connectivity index (χ1) is 9.87. The highest BCUT2D eigenvalue weighted by atomic mass is 35.5. The molecule has 1 aliphatic carbocycles. The molecule has 7 heteroatoms. The minimum absolute atomic E-state index is 0.0581. The Morgan fingerprint density at radius 2 is 2.10 bits per heavy atom. The fourth-order valence-corrected chi connectivity index (χ4v) is 3.84. The predicted molar refractivity (Wildman–Crippen MR) is 83.4 cm³/mol. The van der Waals surface area contributed by atoms with Crippen LogP contribution in [0.3, 0.4) is 0 Å². The van der Waals surface area contributed by atoms with Crippen LogP contribution in [0.25, 0.3) is 0 Å². The Kier molecular flexibility index (Phi) is 4.68. The van der Waals surface area contributed by atoms with Crippen LogP contribution in [-0.4, -0.2) is 24.7 Å². The summed E-state index contributed by atoms with van der Waals surface area (Å²) in [4.78, 5) is 23.5. The summed E-state index contributed by atoms with van der Waals surface area (Å²) < 4.78 is 4.71. The minimum atomic E-state index is -0.565. The molecule has 0 bridgehead atoms. The molecule has 0 atom stereocenters. The molecule has 0 spiro atoms. The summed E-state index contributed by atoms with van der Waals surface area (Å²) >= 11 is 7.60. The largest absolute Gasteiger partial charge is 0.469 e. The summed E-state index contributed by atoms with van der Waals surface area (Å²) in [5, 5.41) is 0.405. The number of halogens is 1. The van der Waals surface area contributed by atoms with Crippen molar-refractivity contribution in [3.63, 3.8) is 0 Å². The van der Waals surface area contributed by atoms with Crippen molar-refractivity contribution in [2.45, 2.75) is 24.2 Å². The number of carbonyl (C=O) groups is 2. The highest BCUT2D eigenvalue weighted by Gasteiger charge is 2.44. The Balaban J connectivity index is 2.13. The van der Waals surface area contributed by atoms with E-state index in [-0.39, 0.29) is 11.4 Å². The number of esters is 1. The number of rotatable bonds is 6. The number of thioether (sulfide) groups is 1. The van der Waals surface area contributed by atoms with Gasteiger partial charge in [-0.2, -0.15) is 0 Å². The molecule has 0 aromatic heterocycles. The van der Waals surface area contributed by atoms with Crippen molar-refractivity contribution >= 4 is 40.9 Å². The fraction of sp³-hybridized carbons (Fsp3) is 0.429. The highest BCUT2D eigenvalue weighted by Crippen LogP contribution is 2.53. The lowest BCUT2D eigenvalue weighted by Crippen LogP contribution is -2.15. The van der Waals surface area contributed by atoms with E-state index in [1.807, 2.05) is 0 Å². The Bertz CT molecular complexity index is 588. The van der Waals surface area contributed by atoms with Crippen molar-refractivity contribution in [3.05, 3.63) is 22.7 Å². The molecule has 1 aliphatic rings. The van der Waals surface area contributed by atoms with Gasteiger partial charge in [0.1, 0.15) is 0 Å². The number of anilines is 1. The van der Waals surface area contributed by atoms with Crippen LogP contribution in [0.2, 0.25) is 5.02 Å². The molecular formula is C14H17ClN2O3S. The summed E-state index contributed by atoms with van der Waals surface area (Å²) in [6, 6.07) is 3.12. The molecule has 4 N–H and O–H groups in total. The third-order valence-electron chi connectivity index (χ3n) is 3.56. The number of amides is 1. The van der Waals surface area contributed by atoms with Crippen molar-refractivity contribution in [3.8, 4) is 0 Å². The summed E-state index contributed by atoms with van der Waals surface area (Å²) in [5.74, 6) is -0.0948. The van der Waals surface area contributed by atoms with Gasteiger partial charge in [0, 0.05) is 16.3 Å². The van der Waals surface area contributed by atoms with E-state index in [9.17, 15) is 9.59 Å². The van der Waals surface area contributed by atoms with E-state index in [0.29, 0.717) is 33.3 Å². The van der Waals surface area contributed by atoms with Gasteiger partial charge in [-0.25, -0.2) is 0 Å². The van der Waals surface area contributed by atoms with Gasteiger partial charge in [-0.05, 0) is 30.4 Å². The summed E-state index contributed by atoms with van der Waals surface area (Å²) in [6.07, 6.45) is 2.32. The molecule has 21 heavy (non-hydrogen) atoms. The van der Waals surface area contributed by atoms with Gasteiger partial charge < -0.3 is 16.2 Å². The first kappa shape index (κ1) is 16.0. The molecule has 0 heterocycles. The van der Waals surface area contributed by atoms with E-state index in [0.717, 1.165) is 12.8 Å². The van der Waals surface area contributed by atoms with Gasteiger partial charge in [-0.1, -0.05) is 11.6 Å². The van der Waals surface area contributed by atoms with Crippen LogP contribution >= 0.6 is 23.4 Å². The van der Waals surface area contributed by atoms with Gasteiger partial charge >= 0.3 is 5.97 Å². The molecule has 5 nitrogen and oxygen atoms in total. The molecule has 114 valence electrons. The number of hydrogen-bond donors (Lipinski definition) is 2. The van der Waals surface area contributed by atoms with Gasteiger partial charge in [0.15, 0.2) is 0 Å². The van der Waals surface area contributed by atoms with Crippen LogP contribution < -0.4 is 11.5 Å². The first-order valence-electron chi connectivity index (χ1n) is 6.45. The topological polar surface area (TPSA) is 95.4 Å². The number of benzene rings is 1. The third kappa shape index (κ3) is 3.83. The average Bonchev–Trinajstić information content (AvgIpc) is 3.16. The van der Waals surface area contributed by atoms with E-state index in [2.05, 4.69) is 0 Å². The lowest BCUT2D eigenvalue weighted by atomic mass is 10.1. The Hall–Kier alpha value is -1.40. The van der Waals surface area contributed by atoms with Gasteiger partial charge in [-0.3, -0.25) is 9.59 Å². The van der Waals surface area contributed by atoms with Gasteiger partial charge in [-0.15, -0.1) is 11.8 Å². The lowest BCUT2D eigenvalue weighted by Gasteiger charge is -2.15. The molecule has 0 saturated heterocycles. The molecule has 1 aromatic rings. The summed E-state index contributed by atoms with van der Waals surface area (Å²) in [7, 11) is 1.38. The molecule has 2 rings (SSSR count). The number of primary amides is 1. The molecular weight excluding hydrogens is 312 g/mol. The van der Waals surface area contributed by atoms with Crippen molar-refractivity contribution in [1.29, 1.82) is 0 Å². The second-order valence-corrected chi connectivity index (χ2v) is 6.68. The van der Waals surface area contributed by atoms with Gasteiger partial charge in [0.2, 0.25) is 5.91 Å². The Morgan fingerprint density at radius 1 is 1.43 bits per heavy atom. The average molecular weight is 329 g/mol. The molecule has 1 fully saturated rings. The molecule has 1 aromatic carbocycles. The Morgan fingerprint density at radius 3 is 2.62 bits per heavy atom. The van der Waals surface area contributed by atoms with Crippen molar-refractivity contribution < 1.29 is 14.3 Å². The van der Waals surface area contributed by atoms with Crippen LogP contribution in [0, 0.1) is 5.41 Å². The maximum atomic E-state index is 11.5. The predicted octanol–water partition coefficient (Wildman–Crippen LogP) is 2.46. The first-order valence-corrected chi connectivity index (χ1v) is 7.82. The number of hydrogen-bond acceptors (Lipinski definition) is 5.